The molecule has 0 unspecified atom stereocenters. The summed E-state index contributed by atoms with van der Waals surface area (Å²) in [5, 5.41) is 0. The van der Waals surface area contributed by atoms with Gasteiger partial charge < -0.3 is 18.8 Å². The first-order chi connectivity index (χ1) is 6.68. The van der Waals surface area contributed by atoms with Crippen LogP contribution in [0.3, 0.4) is 0 Å². The largest absolute Gasteiger partial charge is 0.327 e. The predicted molar refractivity (Wildman–Crippen MR) is 55.1 cm³/mol. The van der Waals surface area contributed by atoms with Gasteiger partial charge in [-0.25, -0.2) is 0 Å². The van der Waals surface area contributed by atoms with E-state index in [9.17, 15) is 9.13 Å². The SMILES string of the molecule is CCC1(CP(=O)(O)O)COP(C)(=O)OC1. The first-order valence-corrected chi connectivity index (χ1v) is 8.38. The summed E-state index contributed by atoms with van der Waals surface area (Å²) >= 11 is 0. The van der Waals surface area contributed by atoms with Gasteiger partial charge in [0, 0.05) is 12.1 Å². The van der Waals surface area contributed by atoms with Gasteiger partial charge in [0.2, 0.25) is 0 Å². The quantitative estimate of drug-likeness (QED) is 0.744. The summed E-state index contributed by atoms with van der Waals surface area (Å²) < 4.78 is 32.3. The first kappa shape index (κ1) is 13.4. The Bertz CT molecular complexity index is 309. The lowest BCUT2D eigenvalue weighted by Crippen LogP contribution is -2.38. The van der Waals surface area contributed by atoms with Gasteiger partial charge in [-0.2, -0.15) is 0 Å². The lowest BCUT2D eigenvalue weighted by Gasteiger charge is -2.37. The molecule has 0 aromatic heterocycles. The van der Waals surface area contributed by atoms with Gasteiger partial charge in [0.25, 0.3) is 0 Å². The summed E-state index contributed by atoms with van der Waals surface area (Å²) in [7, 11) is -7.11. The summed E-state index contributed by atoms with van der Waals surface area (Å²) in [6, 6.07) is 0. The second kappa shape index (κ2) is 4.28. The van der Waals surface area contributed by atoms with Crippen LogP contribution in [0.25, 0.3) is 0 Å². The fraction of sp³-hybridized carbons (Fsp3) is 1.00. The van der Waals surface area contributed by atoms with Crippen LogP contribution in [0.1, 0.15) is 13.3 Å². The molecule has 6 nitrogen and oxygen atoms in total. The zero-order chi connectivity index (χ0) is 11.7. The first-order valence-electron chi connectivity index (χ1n) is 4.59. The third kappa shape index (κ3) is 3.99. The third-order valence-electron chi connectivity index (χ3n) is 2.50. The van der Waals surface area contributed by atoms with E-state index in [4.69, 9.17) is 18.8 Å². The summed E-state index contributed by atoms with van der Waals surface area (Å²) in [4.78, 5) is 17.9. The van der Waals surface area contributed by atoms with Crippen molar-refractivity contribution in [1.82, 2.24) is 0 Å². The van der Waals surface area contributed by atoms with E-state index in [1.54, 1.807) is 6.92 Å². The standard InChI is InChI=1S/C7H16O6P2/c1-3-7(6-15(9,10)11)4-12-14(2,8)13-5-7/h3-6H2,1-2H3,(H2,9,10,11). The van der Waals surface area contributed by atoms with E-state index in [1.807, 2.05) is 0 Å². The molecule has 0 aromatic rings. The van der Waals surface area contributed by atoms with E-state index in [1.165, 1.54) is 6.66 Å². The highest BCUT2D eigenvalue weighted by atomic mass is 31.2. The highest BCUT2D eigenvalue weighted by molar-refractivity contribution is 7.53. The highest BCUT2D eigenvalue weighted by Gasteiger charge is 2.42. The number of hydrogen-bond donors (Lipinski definition) is 2. The van der Waals surface area contributed by atoms with Crippen LogP contribution < -0.4 is 0 Å². The maximum absolute atomic E-state index is 11.4. The summed E-state index contributed by atoms with van der Waals surface area (Å²) in [6.07, 6.45) is 0.217. The maximum Gasteiger partial charge on any atom is 0.327 e. The van der Waals surface area contributed by atoms with Crippen molar-refractivity contribution >= 4 is 15.2 Å². The molecule has 0 atom stereocenters. The Hall–Kier alpha value is 0.300. The van der Waals surface area contributed by atoms with Crippen molar-refractivity contribution in [1.29, 1.82) is 0 Å². The van der Waals surface area contributed by atoms with Crippen molar-refractivity contribution in [2.24, 2.45) is 5.41 Å². The molecule has 1 aliphatic rings. The van der Waals surface area contributed by atoms with Crippen LogP contribution in [0, 0.1) is 5.41 Å². The molecule has 8 heteroatoms. The van der Waals surface area contributed by atoms with E-state index in [-0.39, 0.29) is 19.4 Å². The average Bonchev–Trinajstić information content (AvgIpc) is 2.07. The van der Waals surface area contributed by atoms with Crippen LogP contribution >= 0.6 is 15.2 Å². The average molecular weight is 258 g/mol. The Morgan fingerprint density at radius 3 is 2.20 bits per heavy atom. The second-order valence-corrected chi connectivity index (χ2v) is 7.70. The molecule has 0 amide bonds. The van der Waals surface area contributed by atoms with Crippen LogP contribution in [0.4, 0.5) is 0 Å². The van der Waals surface area contributed by atoms with Crippen molar-refractivity contribution < 1.29 is 28.0 Å². The summed E-state index contributed by atoms with van der Waals surface area (Å²) in [5.74, 6) is 0. The van der Waals surface area contributed by atoms with E-state index < -0.39 is 20.6 Å². The molecule has 2 N–H and O–H groups in total. The van der Waals surface area contributed by atoms with E-state index in [2.05, 4.69) is 0 Å². The molecule has 1 heterocycles. The molecule has 1 saturated heterocycles. The molecule has 90 valence electrons. The molecular formula is C7H16O6P2. The summed E-state index contributed by atoms with van der Waals surface area (Å²) in [5.41, 5.74) is -0.719. The van der Waals surface area contributed by atoms with Crippen molar-refractivity contribution in [3.63, 3.8) is 0 Å². The Balaban J connectivity index is 2.73. The predicted octanol–water partition coefficient (Wildman–Crippen LogP) is 1.43. The summed E-state index contributed by atoms with van der Waals surface area (Å²) in [6.45, 7) is 3.29. The number of hydrogen-bond acceptors (Lipinski definition) is 4. The molecule has 1 rings (SSSR count). The zero-order valence-corrected chi connectivity index (χ0v) is 10.5. The van der Waals surface area contributed by atoms with Crippen molar-refractivity contribution in [3.05, 3.63) is 0 Å². The number of rotatable bonds is 3. The molecule has 0 radical (unpaired) electrons. The molecule has 0 saturated carbocycles. The van der Waals surface area contributed by atoms with E-state index >= 15 is 0 Å². The lowest BCUT2D eigenvalue weighted by molar-refractivity contribution is 0.0281. The fourth-order valence-corrected chi connectivity index (χ4v) is 3.80. The minimum absolute atomic E-state index is 0.0718. The van der Waals surface area contributed by atoms with Gasteiger partial charge in [-0.05, 0) is 6.42 Å². The molecule has 1 fully saturated rings. The molecule has 0 bridgehead atoms. The lowest BCUT2D eigenvalue weighted by atomic mass is 9.90. The van der Waals surface area contributed by atoms with Gasteiger partial charge in [0.1, 0.15) is 0 Å². The molecular weight excluding hydrogens is 242 g/mol. The Morgan fingerprint density at radius 1 is 1.40 bits per heavy atom. The van der Waals surface area contributed by atoms with Crippen molar-refractivity contribution in [2.75, 3.05) is 26.0 Å². The van der Waals surface area contributed by atoms with Gasteiger partial charge in [0.15, 0.2) is 0 Å². The van der Waals surface area contributed by atoms with Gasteiger partial charge in [-0.3, -0.25) is 9.13 Å². The minimum atomic E-state index is -4.11. The van der Waals surface area contributed by atoms with Crippen LogP contribution in [-0.2, 0) is 18.2 Å². The van der Waals surface area contributed by atoms with Gasteiger partial charge in [-0.1, -0.05) is 6.92 Å². The van der Waals surface area contributed by atoms with Crippen molar-refractivity contribution in [3.8, 4) is 0 Å². The Morgan fingerprint density at radius 2 is 1.87 bits per heavy atom. The van der Waals surface area contributed by atoms with Crippen LogP contribution in [0.2, 0.25) is 0 Å². The van der Waals surface area contributed by atoms with Gasteiger partial charge >= 0.3 is 15.2 Å². The maximum atomic E-state index is 11.4. The minimum Gasteiger partial charge on any atom is -0.324 e. The van der Waals surface area contributed by atoms with Crippen molar-refractivity contribution in [2.45, 2.75) is 13.3 Å². The topological polar surface area (TPSA) is 93.1 Å². The van der Waals surface area contributed by atoms with Crippen LogP contribution in [-0.4, -0.2) is 35.8 Å². The monoisotopic (exact) mass is 258 g/mol. The third-order valence-corrected chi connectivity index (χ3v) is 4.78. The molecule has 0 spiro atoms. The van der Waals surface area contributed by atoms with Gasteiger partial charge in [-0.15, -0.1) is 0 Å². The Kier molecular flexibility index (Phi) is 3.82. The molecule has 0 aliphatic carbocycles. The fourth-order valence-electron chi connectivity index (χ4n) is 1.43. The molecule has 15 heavy (non-hydrogen) atoms. The van der Waals surface area contributed by atoms with E-state index in [0.717, 1.165) is 0 Å². The Labute approximate surface area is 88.7 Å². The smallest absolute Gasteiger partial charge is 0.324 e. The highest BCUT2D eigenvalue weighted by Crippen LogP contribution is 2.54. The van der Waals surface area contributed by atoms with Crippen LogP contribution in [0.15, 0.2) is 0 Å². The molecule has 1 aliphatic heterocycles. The van der Waals surface area contributed by atoms with Gasteiger partial charge in [0.05, 0.1) is 19.4 Å². The van der Waals surface area contributed by atoms with Crippen LogP contribution in [0.5, 0.6) is 0 Å². The zero-order valence-electron chi connectivity index (χ0n) is 8.75. The second-order valence-electron chi connectivity index (χ2n) is 3.99. The normalized spacial score (nSPS) is 37.9. The molecule has 0 aromatic carbocycles. The van der Waals surface area contributed by atoms with E-state index in [0.29, 0.717) is 6.42 Å².